The second-order valence-corrected chi connectivity index (χ2v) is 6.18. The maximum Gasteiger partial charge on any atom is 0.316 e. The molecule has 0 radical (unpaired) electrons. The lowest BCUT2D eigenvalue weighted by atomic mass is 10.1. The molecule has 0 heterocycles. The van der Waals surface area contributed by atoms with Crippen LogP contribution < -0.4 is 5.32 Å². The van der Waals surface area contributed by atoms with Crippen LogP contribution in [0.25, 0.3) is 0 Å². The van der Waals surface area contributed by atoms with Crippen LogP contribution in [0.1, 0.15) is 34.6 Å². The minimum atomic E-state index is -0.893. The van der Waals surface area contributed by atoms with Crippen LogP contribution in [0.3, 0.4) is 0 Å². The number of thioether (sulfide) groups is 1. The maximum absolute atomic E-state index is 11.6. The predicted molar refractivity (Wildman–Crippen MR) is 62.0 cm³/mol. The molecule has 2 atom stereocenters. The molecule has 15 heavy (non-hydrogen) atoms. The summed E-state index contributed by atoms with van der Waals surface area (Å²) in [6.45, 7) is 8.97. The van der Waals surface area contributed by atoms with E-state index in [4.69, 9.17) is 5.11 Å². The van der Waals surface area contributed by atoms with Crippen molar-refractivity contribution < 1.29 is 14.7 Å². The topological polar surface area (TPSA) is 66.4 Å². The van der Waals surface area contributed by atoms with Gasteiger partial charge in [-0.05, 0) is 34.6 Å². The summed E-state index contributed by atoms with van der Waals surface area (Å²) in [6.07, 6.45) is 0. The van der Waals surface area contributed by atoms with Crippen molar-refractivity contribution in [1.82, 2.24) is 5.32 Å². The van der Waals surface area contributed by atoms with Gasteiger partial charge in [-0.1, -0.05) is 0 Å². The van der Waals surface area contributed by atoms with Gasteiger partial charge in [-0.2, -0.15) is 0 Å². The molecule has 2 N–H and O–H groups in total. The first kappa shape index (κ1) is 14.3. The van der Waals surface area contributed by atoms with E-state index in [1.54, 1.807) is 13.8 Å². The highest BCUT2D eigenvalue weighted by Crippen LogP contribution is 2.18. The number of carbonyl (C=O) groups is 2. The van der Waals surface area contributed by atoms with Crippen LogP contribution >= 0.6 is 11.8 Å². The van der Waals surface area contributed by atoms with E-state index in [0.717, 1.165) is 11.8 Å². The third kappa shape index (κ3) is 6.38. The summed E-state index contributed by atoms with van der Waals surface area (Å²) < 4.78 is 0. The van der Waals surface area contributed by atoms with E-state index in [9.17, 15) is 9.59 Å². The van der Waals surface area contributed by atoms with Crippen molar-refractivity contribution in [3.8, 4) is 0 Å². The molecule has 0 aliphatic carbocycles. The Morgan fingerprint density at radius 2 is 1.67 bits per heavy atom. The van der Waals surface area contributed by atoms with Gasteiger partial charge in [-0.25, -0.2) is 0 Å². The summed E-state index contributed by atoms with van der Waals surface area (Å²) in [5.41, 5.74) is -0.279. The van der Waals surface area contributed by atoms with Crippen LogP contribution in [0.4, 0.5) is 0 Å². The Morgan fingerprint density at radius 3 is 2.00 bits per heavy atom. The van der Waals surface area contributed by atoms with Crippen molar-refractivity contribution in [2.24, 2.45) is 0 Å². The Hall–Kier alpha value is -0.710. The number of carbonyl (C=O) groups excluding carboxylic acids is 1. The van der Waals surface area contributed by atoms with Crippen LogP contribution in [0.15, 0.2) is 0 Å². The molecule has 0 saturated carbocycles. The van der Waals surface area contributed by atoms with E-state index >= 15 is 0 Å². The van der Waals surface area contributed by atoms with Gasteiger partial charge in [-0.15, -0.1) is 11.8 Å². The minimum Gasteiger partial charge on any atom is -0.480 e. The molecular formula is C10H19NO3S. The Morgan fingerprint density at radius 1 is 1.20 bits per heavy atom. The van der Waals surface area contributed by atoms with Crippen molar-refractivity contribution in [3.05, 3.63) is 0 Å². The van der Waals surface area contributed by atoms with Crippen molar-refractivity contribution in [2.75, 3.05) is 0 Å². The molecule has 0 saturated heterocycles. The highest BCUT2D eigenvalue weighted by molar-refractivity contribution is 8.01. The van der Waals surface area contributed by atoms with Crippen molar-refractivity contribution in [1.29, 1.82) is 0 Å². The van der Waals surface area contributed by atoms with Gasteiger partial charge in [0.2, 0.25) is 5.91 Å². The van der Waals surface area contributed by atoms with Gasteiger partial charge in [0.25, 0.3) is 0 Å². The number of amides is 1. The van der Waals surface area contributed by atoms with Gasteiger partial charge in [0, 0.05) is 5.54 Å². The van der Waals surface area contributed by atoms with Gasteiger partial charge in [0.15, 0.2) is 0 Å². The molecule has 4 nitrogen and oxygen atoms in total. The van der Waals surface area contributed by atoms with Crippen molar-refractivity contribution in [3.63, 3.8) is 0 Å². The van der Waals surface area contributed by atoms with Gasteiger partial charge in [-0.3, -0.25) is 9.59 Å². The van der Waals surface area contributed by atoms with E-state index in [2.05, 4.69) is 5.32 Å². The highest BCUT2D eigenvalue weighted by atomic mass is 32.2. The molecule has 5 heteroatoms. The largest absolute Gasteiger partial charge is 0.480 e. The first-order valence-corrected chi connectivity index (χ1v) is 5.78. The molecule has 0 aromatic rings. The molecule has 0 fully saturated rings. The Labute approximate surface area is 94.8 Å². The van der Waals surface area contributed by atoms with Crippen LogP contribution in [-0.2, 0) is 9.59 Å². The zero-order chi connectivity index (χ0) is 12.2. The van der Waals surface area contributed by atoms with Crippen LogP contribution in [0.5, 0.6) is 0 Å². The molecule has 0 spiro atoms. The average Bonchev–Trinajstić information content (AvgIpc) is 2.00. The van der Waals surface area contributed by atoms with E-state index in [1.807, 2.05) is 20.8 Å². The number of carboxylic acids is 1. The first-order chi connectivity index (χ1) is 6.63. The normalized spacial score (nSPS) is 15.5. The predicted octanol–water partition coefficient (Wildman–Crippen LogP) is 1.50. The fourth-order valence-electron chi connectivity index (χ4n) is 0.897. The lowest BCUT2D eigenvalue weighted by Crippen LogP contribution is -2.44. The van der Waals surface area contributed by atoms with E-state index in [0.29, 0.717) is 0 Å². The summed E-state index contributed by atoms with van der Waals surface area (Å²) in [4.78, 5) is 22.2. The summed E-state index contributed by atoms with van der Waals surface area (Å²) in [6, 6.07) is 0. The standard InChI is InChI=1S/C10H19NO3S/c1-6(15-7(2)9(13)14)8(12)11-10(3,4)5/h6-7H,1-5H3,(H,11,12)(H,13,14). The minimum absolute atomic E-state index is 0.124. The molecule has 88 valence electrons. The Kier molecular flexibility index (Phi) is 5.14. The number of aliphatic carboxylic acids is 1. The Bertz CT molecular complexity index is 248. The molecule has 2 unspecified atom stereocenters. The third-order valence-corrected chi connectivity index (χ3v) is 2.86. The van der Waals surface area contributed by atoms with E-state index in [1.165, 1.54) is 0 Å². The van der Waals surface area contributed by atoms with E-state index < -0.39 is 11.2 Å². The smallest absolute Gasteiger partial charge is 0.316 e. The van der Waals surface area contributed by atoms with Crippen LogP contribution in [-0.4, -0.2) is 33.0 Å². The quantitative estimate of drug-likeness (QED) is 0.772. The second-order valence-electron chi connectivity index (χ2n) is 4.50. The number of hydrogen-bond donors (Lipinski definition) is 2. The van der Waals surface area contributed by atoms with Crippen LogP contribution in [0.2, 0.25) is 0 Å². The average molecular weight is 233 g/mol. The van der Waals surface area contributed by atoms with Gasteiger partial charge in [0.1, 0.15) is 5.25 Å². The fraction of sp³-hybridized carbons (Fsp3) is 0.800. The highest BCUT2D eigenvalue weighted by Gasteiger charge is 2.23. The summed E-state index contributed by atoms with van der Waals surface area (Å²) >= 11 is 1.14. The number of nitrogens with one attached hydrogen (secondary N) is 1. The fourth-order valence-corrected chi connectivity index (χ4v) is 1.81. The lowest BCUT2D eigenvalue weighted by Gasteiger charge is -2.23. The molecule has 0 bridgehead atoms. The zero-order valence-corrected chi connectivity index (χ0v) is 10.6. The first-order valence-electron chi connectivity index (χ1n) is 4.84. The Balaban J connectivity index is 4.17. The van der Waals surface area contributed by atoms with Crippen molar-refractivity contribution >= 4 is 23.6 Å². The lowest BCUT2D eigenvalue weighted by molar-refractivity contribution is -0.136. The van der Waals surface area contributed by atoms with Crippen LogP contribution in [0, 0.1) is 0 Å². The molecule has 0 aliphatic rings. The number of rotatable bonds is 4. The van der Waals surface area contributed by atoms with Gasteiger partial charge in [0.05, 0.1) is 5.25 Å². The molecule has 1 amide bonds. The summed E-state index contributed by atoms with van der Waals surface area (Å²) in [5.74, 6) is -1.02. The molecule has 0 aliphatic heterocycles. The summed E-state index contributed by atoms with van der Waals surface area (Å²) in [5, 5.41) is 10.6. The number of carboxylic acid groups (broad SMARTS) is 1. The van der Waals surface area contributed by atoms with Gasteiger partial charge < -0.3 is 10.4 Å². The number of hydrogen-bond acceptors (Lipinski definition) is 3. The zero-order valence-electron chi connectivity index (χ0n) is 9.83. The monoisotopic (exact) mass is 233 g/mol. The molecular weight excluding hydrogens is 214 g/mol. The maximum atomic E-state index is 11.6. The SMILES string of the molecule is CC(SC(C)C(=O)NC(C)(C)C)C(=O)O. The van der Waals surface area contributed by atoms with E-state index in [-0.39, 0.29) is 16.7 Å². The van der Waals surface area contributed by atoms with Gasteiger partial charge >= 0.3 is 5.97 Å². The van der Waals surface area contributed by atoms with Crippen molar-refractivity contribution in [2.45, 2.75) is 50.7 Å². The molecule has 0 rings (SSSR count). The molecule has 0 aromatic heterocycles. The third-order valence-electron chi connectivity index (χ3n) is 1.62. The molecule has 0 aromatic carbocycles. The summed E-state index contributed by atoms with van der Waals surface area (Å²) in [7, 11) is 0. The second kappa shape index (κ2) is 5.39.